The second kappa shape index (κ2) is 9.47. The molecule has 0 bridgehead atoms. The lowest BCUT2D eigenvalue weighted by atomic mass is 10.2. The van der Waals surface area contributed by atoms with E-state index in [9.17, 15) is 4.79 Å². The van der Waals surface area contributed by atoms with Crippen molar-refractivity contribution in [2.75, 3.05) is 24.4 Å². The van der Waals surface area contributed by atoms with E-state index < -0.39 is 0 Å². The number of hydrogen-bond donors (Lipinski definition) is 2. The SMILES string of the molecule is COc1c(Nc2cc(NC(=O)C3CC3)nc3c2nc(C)n3C2CCCCO2)cccc1-n1ncnc1C. The molecule has 6 rings (SSSR count). The Morgan fingerprint density at radius 1 is 1.11 bits per heavy atom. The van der Waals surface area contributed by atoms with Gasteiger partial charge < -0.3 is 20.1 Å². The molecule has 3 aromatic heterocycles. The van der Waals surface area contributed by atoms with Gasteiger partial charge in [0.1, 0.15) is 41.2 Å². The zero-order chi connectivity index (χ0) is 25.5. The number of benzene rings is 1. The van der Waals surface area contributed by atoms with Gasteiger partial charge in [-0.3, -0.25) is 9.36 Å². The van der Waals surface area contributed by atoms with Crippen LogP contribution in [0.15, 0.2) is 30.6 Å². The quantitative estimate of drug-likeness (QED) is 0.381. The number of nitrogens with one attached hydrogen (secondary N) is 2. The molecule has 11 heteroatoms. The van der Waals surface area contributed by atoms with Gasteiger partial charge >= 0.3 is 0 Å². The molecule has 4 heterocycles. The van der Waals surface area contributed by atoms with Gasteiger partial charge in [0.15, 0.2) is 11.4 Å². The lowest BCUT2D eigenvalue weighted by Gasteiger charge is -2.25. The number of rotatable bonds is 7. The first-order valence-electron chi connectivity index (χ1n) is 12.7. The second-order valence-electron chi connectivity index (χ2n) is 9.54. The summed E-state index contributed by atoms with van der Waals surface area (Å²) in [5.41, 5.74) is 3.55. The van der Waals surface area contributed by atoms with E-state index in [1.807, 2.05) is 42.7 Å². The van der Waals surface area contributed by atoms with Gasteiger partial charge in [0, 0.05) is 18.6 Å². The first-order valence-corrected chi connectivity index (χ1v) is 12.7. The van der Waals surface area contributed by atoms with E-state index in [1.54, 1.807) is 11.8 Å². The fraction of sp³-hybridized carbons (Fsp3) is 0.423. The van der Waals surface area contributed by atoms with Crippen molar-refractivity contribution in [3.05, 3.63) is 42.2 Å². The molecular formula is C26H30N8O3. The molecule has 37 heavy (non-hydrogen) atoms. The molecule has 0 spiro atoms. The van der Waals surface area contributed by atoms with E-state index >= 15 is 0 Å². The maximum atomic E-state index is 12.6. The summed E-state index contributed by atoms with van der Waals surface area (Å²) >= 11 is 0. The Morgan fingerprint density at radius 2 is 1.97 bits per heavy atom. The number of imidazole rings is 1. The monoisotopic (exact) mass is 502 g/mol. The van der Waals surface area contributed by atoms with Crippen LogP contribution in [0, 0.1) is 19.8 Å². The van der Waals surface area contributed by atoms with Crippen molar-refractivity contribution in [3.63, 3.8) is 0 Å². The molecule has 2 aliphatic rings. The van der Waals surface area contributed by atoms with Crippen LogP contribution in [0.2, 0.25) is 0 Å². The van der Waals surface area contributed by atoms with Crippen molar-refractivity contribution < 1.29 is 14.3 Å². The number of fused-ring (bicyclic) bond motifs is 1. The zero-order valence-corrected chi connectivity index (χ0v) is 21.2. The molecule has 1 atom stereocenters. The molecule has 2 N–H and O–H groups in total. The number of para-hydroxylation sites is 1. The normalized spacial score (nSPS) is 17.6. The molecule has 1 saturated heterocycles. The molecule has 1 aromatic carbocycles. The number of aryl methyl sites for hydroxylation is 2. The minimum Gasteiger partial charge on any atom is -0.492 e. The van der Waals surface area contributed by atoms with Gasteiger partial charge in [-0.2, -0.15) is 5.10 Å². The van der Waals surface area contributed by atoms with Crippen molar-refractivity contribution in [2.24, 2.45) is 5.92 Å². The summed E-state index contributed by atoms with van der Waals surface area (Å²) in [4.78, 5) is 26.6. The molecule has 4 aromatic rings. The Hall–Kier alpha value is -3.99. The average Bonchev–Trinajstić information content (AvgIpc) is 3.59. The maximum Gasteiger partial charge on any atom is 0.228 e. The summed E-state index contributed by atoms with van der Waals surface area (Å²) in [5, 5.41) is 10.8. The lowest BCUT2D eigenvalue weighted by molar-refractivity contribution is -0.117. The Labute approximate surface area is 214 Å². The molecule has 1 aliphatic carbocycles. The first-order chi connectivity index (χ1) is 18.0. The number of amides is 1. The molecular weight excluding hydrogens is 472 g/mol. The number of aromatic nitrogens is 6. The average molecular weight is 503 g/mol. The van der Waals surface area contributed by atoms with Crippen LogP contribution in [-0.2, 0) is 9.53 Å². The number of ether oxygens (including phenoxy) is 2. The van der Waals surface area contributed by atoms with E-state index in [2.05, 4.69) is 20.7 Å². The highest BCUT2D eigenvalue weighted by Gasteiger charge is 2.30. The van der Waals surface area contributed by atoms with Crippen LogP contribution in [0.3, 0.4) is 0 Å². The maximum absolute atomic E-state index is 12.6. The third-order valence-electron chi connectivity index (χ3n) is 6.88. The van der Waals surface area contributed by atoms with Crippen LogP contribution >= 0.6 is 0 Å². The van der Waals surface area contributed by atoms with Crippen molar-refractivity contribution >= 4 is 34.3 Å². The third-order valence-corrected chi connectivity index (χ3v) is 6.88. The summed E-state index contributed by atoms with van der Waals surface area (Å²) < 4.78 is 15.7. The fourth-order valence-electron chi connectivity index (χ4n) is 4.86. The fourth-order valence-corrected chi connectivity index (χ4v) is 4.86. The van der Waals surface area contributed by atoms with E-state index in [0.29, 0.717) is 35.0 Å². The van der Waals surface area contributed by atoms with Gasteiger partial charge in [0.25, 0.3) is 0 Å². The Balaban J connectivity index is 1.46. The summed E-state index contributed by atoms with van der Waals surface area (Å²) in [5.74, 6) is 2.69. The predicted molar refractivity (Wildman–Crippen MR) is 138 cm³/mol. The summed E-state index contributed by atoms with van der Waals surface area (Å²) in [6.07, 6.45) is 6.23. The minimum absolute atomic E-state index is 0.00395. The van der Waals surface area contributed by atoms with Crippen molar-refractivity contribution in [2.45, 2.75) is 52.2 Å². The van der Waals surface area contributed by atoms with E-state index in [-0.39, 0.29) is 18.1 Å². The zero-order valence-electron chi connectivity index (χ0n) is 21.2. The van der Waals surface area contributed by atoms with Gasteiger partial charge in [-0.05, 0) is 58.1 Å². The van der Waals surface area contributed by atoms with Crippen molar-refractivity contribution in [3.8, 4) is 11.4 Å². The topological polar surface area (TPSA) is 121 Å². The molecule has 192 valence electrons. The summed E-state index contributed by atoms with van der Waals surface area (Å²) in [6, 6.07) is 7.61. The van der Waals surface area contributed by atoms with Crippen LogP contribution in [-0.4, -0.2) is 48.9 Å². The lowest BCUT2D eigenvalue weighted by Crippen LogP contribution is -2.20. The number of methoxy groups -OCH3 is 1. The van der Waals surface area contributed by atoms with Crippen molar-refractivity contribution in [1.82, 2.24) is 29.3 Å². The van der Waals surface area contributed by atoms with Crippen LogP contribution in [0.5, 0.6) is 5.75 Å². The van der Waals surface area contributed by atoms with E-state index in [4.69, 9.17) is 19.4 Å². The Kier molecular flexibility index (Phi) is 5.99. The van der Waals surface area contributed by atoms with Crippen LogP contribution < -0.4 is 15.4 Å². The molecule has 2 fully saturated rings. The van der Waals surface area contributed by atoms with Crippen LogP contribution in [0.1, 0.15) is 50.0 Å². The number of carbonyl (C=O) groups excluding carboxylic acids is 1. The number of hydrogen-bond acceptors (Lipinski definition) is 8. The summed E-state index contributed by atoms with van der Waals surface area (Å²) in [6.45, 7) is 4.55. The molecule has 1 saturated carbocycles. The van der Waals surface area contributed by atoms with Gasteiger partial charge in [-0.1, -0.05) is 6.07 Å². The first kappa shape index (κ1) is 23.4. The highest BCUT2D eigenvalue weighted by molar-refractivity contribution is 5.97. The smallest absolute Gasteiger partial charge is 0.228 e. The predicted octanol–water partition coefficient (Wildman–Crippen LogP) is 4.43. The van der Waals surface area contributed by atoms with Crippen LogP contribution in [0.4, 0.5) is 17.2 Å². The standard InChI is InChI=1S/C26H30N8O3/c1-15-27-14-28-34(15)20-8-6-7-18(24(20)36-3)30-19-13-21(32-26(35)17-10-11-17)31-25-23(19)29-16(2)33(25)22-9-4-5-12-37-22/h6-8,13-14,17,22H,4-5,9-12H2,1-3H3,(H2,30,31,32,35). The number of nitrogens with zero attached hydrogens (tertiary/aromatic N) is 6. The van der Waals surface area contributed by atoms with Gasteiger partial charge in [0.05, 0.1) is 18.5 Å². The van der Waals surface area contributed by atoms with Crippen molar-refractivity contribution in [1.29, 1.82) is 0 Å². The molecule has 1 aliphatic heterocycles. The highest BCUT2D eigenvalue weighted by Crippen LogP contribution is 2.38. The van der Waals surface area contributed by atoms with Crippen LogP contribution in [0.25, 0.3) is 16.9 Å². The second-order valence-corrected chi connectivity index (χ2v) is 9.54. The van der Waals surface area contributed by atoms with Gasteiger partial charge in [-0.25, -0.2) is 19.6 Å². The Bertz CT molecular complexity index is 1470. The molecule has 0 radical (unpaired) electrons. The van der Waals surface area contributed by atoms with E-state index in [0.717, 1.165) is 55.1 Å². The highest BCUT2D eigenvalue weighted by atomic mass is 16.5. The third kappa shape index (κ3) is 4.39. The van der Waals surface area contributed by atoms with E-state index in [1.165, 1.54) is 6.33 Å². The van der Waals surface area contributed by atoms with Gasteiger partial charge in [0.2, 0.25) is 5.91 Å². The molecule has 1 unspecified atom stereocenters. The number of pyridine rings is 1. The molecule has 1 amide bonds. The summed E-state index contributed by atoms with van der Waals surface area (Å²) in [7, 11) is 1.62. The number of anilines is 3. The number of carbonyl (C=O) groups is 1. The minimum atomic E-state index is -0.137. The molecule has 11 nitrogen and oxygen atoms in total. The van der Waals surface area contributed by atoms with Gasteiger partial charge in [-0.15, -0.1) is 0 Å². The Morgan fingerprint density at radius 3 is 2.68 bits per heavy atom. The largest absolute Gasteiger partial charge is 0.492 e.